The summed E-state index contributed by atoms with van der Waals surface area (Å²) in [6, 6.07) is 23.0. The van der Waals surface area contributed by atoms with Gasteiger partial charge in [-0.15, -0.1) is 0 Å². The second-order valence-electron chi connectivity index (χ2n) is 6.22. The number of ether oxygens (including phenoxy) is 2. The molecular weight excluding hydrogens is 368 g/mol. The maximum Gasteiger partial charge on any atom is 0.343 e. The molecule has 0 aliphatic heterocycles. The number of benzene rings is 3. The molecule has 3 rings (SSSR count). The van der Waals surface area contributed by atoms with Crippen molar-refractivity contribution in [1.82, 2.24) is 5.43 Å². The van der Waals surface area contributed by atoms with Gasteiger partial charge in [0.2, 0.25) is 0 Å². The standard InChI is InChI=1S/C23H20N2O4/c1-17-7-11-20(12-8-17)28-16-22(26)25-24-15-18-9-13-21(14-10-18)29-23(27)19-5-3-2-4-6-19/h2-15H,16H2,1H3,(H,25,26)/b24-15-. The molecule has 0 fully saturated rings. The van der Waals surface area contributed by atoms with Gasteiger partial charge in [-0.2, -0.15) is 5.10 Å². The van der Waals surface area contributed by atoms with E-state index in [4.69, 9.17) is 9.47 Å². The Labute approximate surface area is 168 Å². The van der Waals surface area contributed by atoms with Crippen LogP contribution in [0.4, 0.5) is 0 Å². The highest BCUT2D eigenvalue weighted by molar-refractivity contribution is 5.91. The van der Waals surface area contributed by atoms with Crippen molar-refractivity contribution in [2.24, 2.45) is 5.10 Å². The molecular formula is C23H20N2O4. The molecule has 0 aromatic heterocycles. The van der Waals surface area contributed by atoms with E-state index >= 15 is 0 Å². The fraction of sp³-hybridized carbons (Fsp3) is 0.0870. The summed E-state index contributed by atoms with van der Waals surface area (Å²) in [5, 5.41) is 3.89. The van der Waals surface area contributed by atoms with Gasteiger partial charge in [-0.1, -0.05) is 35.9 Å². The molecule has 0 saturated heterocycles. The lowest BCUT2D eigenvalue weighted by Gasteiger charge is -2.05. The summed E-state index contributed by atoms with van der Waals surface area (Å²) in [4.78, 5) is 23.8. The Balaban J connectivity index is 1.45. The molecule has 1 amide bonds. The van der Waals surface area contributed by atoms with Crippen molar-refractivity contribution in [3.05, 3.63) is 95.6 Å². The van der Waals surface area contributed by atoms with Gasteiger partial charge in [0.1, 0.15) is 11.5 Å². The number of hydrazone groups is 1. The lowest BCUT2D eigenvalue weighted by Crippen LogP contribution is -2.24. The fourth-order valence-corrected chi connectivity index (χ4v) is 2.36. The first-order chi connectivity index (χ1) is 14.1. The minimum atomic E-state index is -0.423. The lowest BCUT2D eigenvalue weighted by atomic mass is 10.2. The Kier molecular flexibility index (Phi) is 6.73. The van der Waals surface area contributed by atoms with Gasteiger partial charge in [-0.3, -0.25) is 4.79 Å². The highest BCUT2D eigenvalue weighted by Gasteiger charge is 2.07. The number of aryl methyl sites for hydroxylation is 1. The van der Waals surface area contributed by atoms with Crippen LogP contribution < -0.4 is 14.9 Å². The van der Waals surface area contributed by atoms with E-state index in [1.807, 2.05) is 25.1 Å². The van der Waals surface area contributed by atoms with Crippen molar-refractivity contribution in [2.45, 2.75) is 6.92 Å². The third-order valence-corrected chi connectivity index (χ3v) is 3.89. The Hall–Kier alpha value is -3.93. The summed E-state index contributed by atoms with van der Waals surface area (Å²) in [5.41, 5.74) is 4.74. The highest BCUT2D eigenvalue weighted by Crippen LogP contribution is 2.14. The first-order valence-electron chi connectivity index (χ1n) is 8.99. The van der Waals surface area contributed by atoms with Crippen LogP contribution in [0.25, 0.3) is 0 Å². The predicted octanol–water partition coefficient (Wildman–Crippen LogP) is 3.74. The van der Waals surface area contributed by atoms with Crippen LogP contribution in [0.15, 0.2) is 84.0 Å². The molecule has 29 heavy (non-hydrogen) atoms. The number of nitrogens with zero attached hydrogens (tertiary/aromatic N) is 1. The van der Waals surface area contributed by atoms with E-state index in [0.717, 1.165) is 11.1 Å². The molecule has 6 heteroatoms. The summed E-state index contributed by atoms with van der Waals surface area (Å²) in [6.45, 7) is 1.85. The van der Waals surface area contributed by atoms with Gasteiger partial charge in [-0.25, -0.2) is 10.2 Å². The molecule has 146 valence electrons. The Morgan fingerprint density at radius 1 is 0.897 bits per heavy atom. The van der Waals surface area contributed by atoms with Gasteiger partial charge in [0, 0.05) is 0 Å². The van der Waals surface area contributed by atoms with Crippen molar-refractivity contribution in [2.75, 3.05) is 6.61 Å². The van der Waals surface area contributed by atoms with Crippen molar-refractivity contribution >= 4 is 18.1 Å². The molecule has 6 nitrogen and oxygen atoms in total. The average Bonchev–Trinajstić information content (AvgIpc) is 2.75. The molecule has 0 spiro atoms. The van der Waals surface area contributed by atoms with E-state index in [0.29, 0.717) is 17.1 Å². The fourth-order valence-electron chi connectivity index (χ4n) is 2.36. The summed E-state index contributed by atoms with van der Waals surface area (Å²) in [6.07, 6.45) is 1.49. The number of carbonyl (C=O) groups is 2. The predicted molar refractivity (Wildman–Crippen MR) is 110 cm³/mol. The molecule has 0 aliphatic carbocycles. The Bertz CT molecular complexity index is 982. The second-order valence-corrected chi connectivity index (χ2v) is 6.22. The topological polar surface area (TPSA) is 77.0 Å². The lowest BCUT2D eigenvalue weighted by molar-refractivity contribution is -0.123. The van der Waals surface area contributed by atoms with E-state index in [2.05, 4.69) is 10.5 Å². The van der Waals surface area contributed by atoms with Gasteiger partial charge < -0.3 is 9.47 Å². The smallest absolute Gasteiger partial charge is 0.343 e. The summed E-state index contributed by atoms with van der Waals surface area (Å²) in [7, 11) is 0. The van der Waals surface area contributed by atoms with E-state index in [-0.39, 0.29) is 12.5 Å². The van der Waals surface area contributed by atoms with Gasteiger partial charge in [0.25, 0.3) is 5.91 Å². The maximum absolute atomic E-state index is 12.0. The molecule has 0 heterocycles. The van der Waals surface area contributed by atoms with E-state index < -0.39 is 5.97 Å². The number of esters is 1. The van der Waals surface area contributed by atoms with E-state index in [1.54, 1.807) is 60.7 Å². The monoisotopic (exact) mass is 388 g/mol. The third-order valence-electron chi connectivity index (χ3n) is 3.89. The third kappa shape index (κ3) is 6.32. The van der Waals surface area contributed by atoms with Crippen molar-refractivity contribution < 1.29 is 19.1 Å². The summed E-state index contributed by atoms with van der Waals surface area (Å²) < 4.78 is 10.7. The average molecular weight is 388 g/mol. The normalized spacial score (nSPS) is 10.5. The zero-order chi connectivity index (χ0) is 20.5. The number of nitrogens with one attached hydrogen (secondary N) is 1. The van der Waals surface area contributed by atoms with Crippen molar-refractivity contribution in [3.8, 4) is 11.5 Å². The first kappa shape index (κ1) is 19.8. The molecule has 0 bridgehead atoms. The van der Waals surface area contributed by atoms with Crippen LogP contribution in [0.2, 0.25) is 0 Å². The van der Waals surface area contributed by atoms with Crippen LogP contribution in [0.3, 0.4) is 0 Å². The highest BCUT2D eigenvalue weighted by atomic mass is 16.5. The summed E-state index contributed by atoms with van der Waals surface area (Å²) in [5.74, 6) is 0.255. The second kappa shape index (κ2) is 9.85. The minimum Gasteiger partial charge on any atom is -0.484 e. The largest absolute Gasteiger partial charge is 0.484 e. The van der Waals surface area contributed by atoms with Gasteiger partial charge in [0.05, 0.1) is 11.8 Å². The zero-order valence-electron chi connectivity index (χ0n) is 15.9. The van der Waals surface area contributed by atoms with Crippen LogP contribution in [0, 0.1) is 6.92 Å². The molecule has 1 N–H and O–H groups in total. The molecule has 0 atom stereocenters. The van der Waals surface area contributed by atoms with Crippen LogP contribution in [0.5, 0.6) is 11.5 Å². The number of amides is 1. The number of hydrogen-bond acceptors (Lipinski definition) is 5. The van der Waals surface area contributed by atoms with Crippen LogP contribution in [-0.4, -0.2) is 24.7 Å². The SMILES string of the molecule is Cc1ccc(OCC(=O)N/N=C\c2ccc(OC(=O)c3ccccc3)cc2)cc1. The maximum atomic E-state index is 12.0. The number of carbonyl (C=O) groups excluding carboxylic acids is 2. The van der Waals surface area contributed by atoms with Gasteiger partial charge >= 0.3 is 5.97 Å². The molecule has 3 aromatic carbocycles. The molecule has 0 aliphatic rings. The van der Waals surface area contributed by atoms with Gasteiger partial charge in [-0.05, 0) is 61.0 Å². The van der Waals surface area contributed by atoms with Gasteiger partial charge in [0.15, 0.2) is 6.61 Å². The van der Waals surface area contributed by atoms with Crippen molar-refractivity contribution in [1.29, 1.82) is 0 Å². The zero-order valence-corrected chi connectivity index (χ0v) is 15.9. The molecule has 0 radical (unpaired) electrons. The van der Waals surface area contributed by atoms with Crippen LogP contribution >= 0.6 is 0 Å². The van der Waals surface area contributed by atoms with E-state index in [9.17, 15) is 9.59 Å². The van der Waals surface area contributed by atoms with Crippen molar-refractivity contribution in [3.63, 3.8) is 0 Å². The minimum absolute atomic E-state index is 0.130. The van der Waals surface area contributed by atoms with E-state index in [1.165, 1.54) is 6.21 Å². The van der Waals surface area contributed by atoms with Crippen LogP contribution in [0.1, 0.15) is 21.5 Å². The van der Waals surface area contributed by atoms with Crippen LogP contribution in [-0.2, 0) is 4.79 Å². The number of hydrogen-bond donors (Lipinski definition) is 1. The quantitative estimate of drug-likeness (QED) is 0.289. The Morgan fingerprint density at radius 2 is 1.55 bits per heavy atom. The molecule has 0 saturated carbocycles. The Morgan fingerprint density at radius 3 is 2.24 bits per heavy atom. The molecule has 3 aromatic rings. The first-order valence-corrected chi connectivity index (χ1v) is 8.99. The molecule has 0 unspecified atom stereocenters. The number of rotatable bonds is 7. The summed E-state index contributed by atoms with van der Waals surface area (Å²) >= 11 is 0.